The summed E-state index contributed by atoms with van der Waals surface area (Å²) < 4.78 is 0. The van der Waals surface area contributed by atoms with Gasteiger partial charge in [0.25, 0.3) is 0 Å². The van der Waals surface area contributed by atoms with Crippen molar-refractivity contribution in [3.8, 4) is 0 Å². The van der Waals surface area contributed by atoms with E-state index in [1.54, 1.807) is 6.07 Å². The van der Waals surface area contributed by atoms with E-state index in [9.17, 15) is 9.90 Å². The molecule has 2 unspecified atom stereocenters. The highest BCUT2D eigenvalue weighted by Crippen LogP contribution is 2.52. The second-order valence-corrected chi connectivity index (χ2v) is 9.42. The molecule has 0 fully saturated rings. The van der Waals surface area contributed by atoms with Crippen LogP contribution in [0.2, 0.25) is 20.1 Å². The Labute approximate surface area is 201 Å². The SMILES string of the molecule is CCCCCCc1ccc2nc(C3C(=O)c4c(Cl)c(Cl)c(Cl)c(Cl)c4C3O)ccc2c1. The lowest BCUT2D eigenvalue weighted by molar-refractivity contribution is 0.0868. The topological polar surface area (TPSA) is 50.2 Å². The van der Waals surface area contributed by atoms with Crippen molar-refractivity contribution in [1.82, 2.24) is 4.98 Å². The van der Waals surface area contributed by atoms with Gasteiger partial charge in [-0.3, -0.25) is 9.78 Å². The number of hydrogen-bond donors (Lipinski definition) is 1. The number of benzene rings is 2. The maximum atomic E-state index is 13.2. The Bertz CT molecular complexity index is 1180. The first-order chi connectivity index (χ1) is 14.8. The summed E-state index contributed by atoms with van der Waals surface area (Å²) in [6.45, 7) is 2.20. The Kier molecular flexibility index (Phi) is 6.81. The van der Waals surface area contributed by atoms with Crippen molar-refractivity contribution >= 4 is 63.1 Å². The molecule has 1 aromatic heterocycles. The Morgan fingerprint density at radius 2 is 1.68 bits per heavy atom. The third-order valence-electron chi connectivity index (χ3n) is 5.86. The number of carbonyl (C=O) groups is 1. The highest BCUT2D eigenvalue weighted by atomic mass is 35.5. The molecule has 2 atom stereocenters. The average Bonchev–Trinajstić information content (AvgIpc) is 3.03. The molecule has 162 valence electrons. The summed E-state index contributed by atoms with van der Waals surface area (Å²) >= 11 is 24.8. The number of unbranched alkanes of at least 4 members (excludes halogenated alkanes) is 3. The fourth-order valence-corrected chi connectivity index (χ4v) is 5.28. The Morgan fingerprint density at radius 3 is 2.42 bits per heavy atom. The minimum absolute atomic E-state index is 0.00567. The van der Waals surface area contributed by atoms with E-state index < -0.39 is 12.0 Å². The molecule has 1 aliphatic carbocycles. The second kappa shape index (κ2) is 9.25. The van der Waals surface area contributed by atoms with E-state index >= 15 is 0 Å². The van der Waals surface area contributed by atoms with Crippen LogP contribution in [0.4, 0.5) is 0 Å². The molecule has 0 saturated heterocycles. The number of aryl methyl sites for hydroxylation is 1. The molecule has 0 saturated carbocycles. The number of Topliss-reactive ketones (excluding diaryl/α,β-unsaturated/α-hetero) is 1. The minimum atomic E-state index is -1.20. The number of pyridine rings is 1. The van der Waals surface area contributed by atoms with Crippen LogP contribution in [0.1, 0.15) is 71.8 Å². The molecule has 31 heavy (non-hydrogen) atoms. The van der Waals surface area contributed by atoms with Crippen molar-refractivity contribution < 1.29 is 9.90 Å². The lowest BCUT2D eigenvalue weighted by atomic mass is 9.96. The molecule has 4 rings (SSSR count). The maximum Gasteiger partial charge on any atom is 0.176 e. The smallest absolute Gasteiger partial charge is 0.176 e. The van der Waals surface area contributed by atoms with Crippen molar-refractivity contribution in [3.05, 3.63) is 72.8 Å². The molecule has 3 aromatic rings. The lowest BCUT2D eigenvalue weighted by Gasteiger charge is -2.15. The first-order valence-corrected chi connectivity index (χ1v) is 11.8. The molecule has 0 spiro atoms. The number of halogens is 4. The number of hydrogen-bond acceptors (Lipinski definition) is 3. The van der Waals surface area contributed by atoms with E-state index in [4.69, 9.17) is 46.4 Å². The monoisotopic (exact) mass is 495 g/mol. The van der Waals surface area contributed by atoms with Crippen LogP contribution in [0.15, 0.2) is 30.3 Å². The molecule has 0 bridgehead atoms. The number of aliphatic hydroxyl groups is 1. The van der Waals surface area contributed by atoms with Crippen LogP contribution in [0.3, 0.4) is 0 Å². The van der Waals surface area contributed by atoms with Gasteiger partial charge in [-0.05, 0) is 36.6 Å². The third-order valence-corrected chi connectivity index (χ3v) is 7.67. The second-order valence-electron chi connectivity index (χ2n) is 7.91. The van der Waals surface area contributed by atoms with Crippen molar-refractivity contribution in [2.24, 2.45) is 0 Å². The van der Waals surface area contributed by atoms with E-state index in [0.717, 1.165) is 17.3 Å². The molecule has 3 nitrogen and oxygen atoms in total. The lowest BCUT2D eigenvalue weighted by Crippen LogP contribution is -2.13. The number of rotatable bonds is 6. The number of fused-ring (bicyclic) bond motifs is 2. The zero-order valence-corrected chi connectivity index (χ0v) is 19.9. The number of ketones is 1. The normalized spacial score (nSPS) is 18.1. The standard InChI is InChI=1S/C24H21Cl4NO2/c1-2-3-4-5-6-12-7-9-14-13(11-12)8-10-15(29-14)16-23(30)17-18(24(16)31)20(26)22(28)21(27)19(17)25/h7-11,16,23,30H,2-6H2,1H3. The fourth-order valence-electron chi connectivity index (χ4n) is 4.20. The van der Waals surface area contributed by atoms with Gasteiger partial charge >= 0.3 is 0 Å². The zero-order valence-electron chi connectivity index (χ0n) is 16.9. The van der Waals surface area contributed by atoms with Gasteiger partial charge in [0.2, 0.25) is 0 Å². The highest BCUT2D eigenvalue weighted by molar-refractivity contribution is 6.53. The summed E-state index contributed by atoms with van der Waals surface area (Å²) in [5.74, 6) is -1.29. The first-order valence-electron chi connectivity index (χ1n) is 10.3. The molecular weight excluding hydrogens is 476 g/mol. The summed E-state index contributed by atoms with van der Waals surface area (Å²) in [6.07, 6.45) is 4.69. The van der Waals surface area contributed by atoms with E-state index in [2.05, 4.69) is 24.0 Å². The summed E-state index contributed by atoms with van der Waals surface area (Å²) in [4.78, 5) is 17.8. The van der Waals surface area contributed by atoms with Crippen LogP contribution in [0.25, 0.3) is 10.9 Å². The molecule has 1 heterocycles. The maximum absolute atomic E-state index is 13.2. The van der Waals surface area contributed by atoms with Crippen molar-refractivity contribution in [3.63, 3.8) is 0 Å². The third kappa shape index (κ3) is 4.07. The molecule has 7 heteroatoms. The number of carbonyl (C=O) groups excluding carboxylic acids is 1. The van der Waals surface area contributed by atoms with Crippen LogP contribution in [-0.2, 0) is 6.42 Å². The van der Waals surface area contributed by atoms with E-state index in [1.807, 2.05) is 12.1 Å². The van der Waals surface area contributed by atoms with Gasteiger partial charge in [0.05, 0.1) is 43.3 Å². The van der Waals surface area contributed by atoms with Crippen LogP contribution in [-0.4, -0.2) is 15.9 Å². The molecular formula is C24H21Cl4NO2. The fraction of sp³-hybridized carbons (Fsp3) is 0.333. The van der Waals surface area contributed by atoms with Crippen molar-refractivity contribution in [1.29, 1.82) is 0 Å². The Morgan fingerprint density at radius 1 is 0.935 bits per heavy atom. The molecule has 0 amide bonds. The molecule has 1 aliphatic rings. The average molecular weight is 497 g/mol. The number of nitrogens with zero attached hydrogens (tertiary/aromatic N) is 1. The van der Waals surface area contributed by atoms with Gasteiger partial charge in [0.1, 0.15) is 0 Å². The van der Waals surface area contributed by atoms with Gasteiger partial charge in [0.15, 0.2) is 5.78 Å². The van der Waals surface area contributed by atoms with Gasteiger partial charge in [-0.1, -0.05) is 84.7 Å². The molecule has 1 N–H and O–H groups in total. The predicted octanol–water partition coefficient (Wildman–Crippen LogP) is 7.98. The van der Waals surface area contributed by atoms with Crippen LogP contribution in [0.5, 0.6) is 0 Å². The summed E-state index contributed by atoms with van der Waals surface area (Å²) in [5, 5.41) is 12.0. The van der Waals surface area contributed by atoms with Gasteiger partial charge in [-0.2, -0.15) is 0 Å². The van der Waals surface area contributed by atoms with Gasteiger partial charge in [-0.15, -0.1) is 0 Å². The van der Waals surface area contributed by atoms with E-state index in [0.29, 0.717) is 5.69 Å². The van der Waals surface area contributed by atoms with E-state index in [1.165, 1.54) is 31.2 Å². The van der Waals surface area contributed by atoms with Crippen LogP contribution in [0, 0.1) is 0 Å². The van der Waals surface area contributed by atoms with Gasteiger partial charge in [0, 0.05) is 16.5 Å². The van der Waals surface area contributed by atoms with E-state index in [-0.39, 0.29) is 37.0 Å². The largest absolute Gasteiger partial charge is 0.387 e. The molecule has 2 aromatic carbocycles. The van der Waals surface area contributed by atoms with Crippen molar-refractivity contribution in [2.45, 2.75) is 51.0 Å². The highest BCUT2D eigenvalue weighted by Gasteiger charge is 2.45. The quantitative estimate of drug-likeness (QED) is 0.213. The molecule has 0 aliphatic heterocycles. The minimum Gasteiger partial charge on any atom is -0.387 e. The number of aliphatic hydroxyl groups excluding tert-OH is 1. The van der Waals surface area contributed by atoms with Gasteiger partial charge < -0.3 is 5.11 Å². The summed E-state index contributed by atoms with van der Waals surface area (Å²) in [6, 6.07) is 9.86. The van der Waals surface area contributed by atoms with Gasteiger partial charge in [-0.25, -0.2) is 0 Å². The van der Waals surface area contributed by atoms with Crippen molar-refractivity contribution in [2.75, 3.05) is 0 Å². The zero-order chi connectivity index (χ0) is 22.3. The van der Waals surface area contributed by atoms with Crippen LogP contribution >= 0.6 is 46.4 Å². The number of aromatic nitrogens is 1. The van der Waals surface area contributed by atoms with Crippen LogP contribution < -0.4 is 0 Å². The summed E-state index contributed by atoms with van der Waals surface area (Å²) in [5.41, 5.74) is 2.81. The Balaban J connectivity index is 1.66. The Hall–Kier alpha value is -1.36. The summed E-state index contributed by atoms with van der Waals surface area (Å²) in [7, 11) is 0. The molecule has 0 radical (unpaired) electrons. The predicted molar refractivity (Wildman–Crippen MR) is 128 cm³/mol. The first kappa shape index (κ1) is 22.8.